The second-order valence-corrected chi connectivity index (χ2v) is 12.7. The van der Waals surface area contributed by atoms with Gasteiger partial charge in [-0.3, -0.25) is 4.57 Å². The Balaban J connectivity index is 1.24. The molecule has 1 aliphatic heterocycles. The molecule has 0 saturated carbocycles. The third kappa shape index (κ3) is 4.27. The highest BCUT2D eigenvalue weighted by Gasteiger charge is 2.33. The average Bonchev–Trinajstić information content (AvgIpc) is 3.69. The maximum atomic E-state index is 5.20. The molecule has 0 amide bonds. The molecule has 4 nitrogen and oxygen atoms in total. The quantitative estimate of drug-likeness (QED) is 0.194. The first-order valence-electron chi connectivity index (χ1n) is 17.0. The largest absolute Gasteiger partial charge is 0.312 e. The first-order valence-corrected chi connectivity index (χ1v) is 17.0. The predicted octanol–water partition coefficient (Wildman–Crippen LogP) is 11.6. The van der Waals surface area contributed by atoms with Crippen LogP contribution in [0.2, 0.25) is 0 Å². The Morgan fingerprint density at radius 3 is 1.96 bits per heavy atom. The van der Waals surface area contributed by atoms with Gasteiger partial charge in [-0.2, -0.15) is 0 Å². The number of nitrogens with zero attached hydrogens (tertiary/aromatic N) is 4. The molecule has 1 aliphatic carbocycles. The molecule has 0 saturated heterocycles. The summed E-state index contributed by atoms with van der Waals surface area (Å²) < 4.78 is 4.79. The monoisotopic (exact) mass is 628 g/mol. The zero-order valence-electron chi connectivity index (χ0n) is 26.9. The predicted molar refractivity (Wildman–Crippen MR) is 202 cm³/mol. The van der Waals surface area contributed by atoms with E-state index < -0.39 is 0 Å². The van der Waals surface area contributed by atoms with Crippen molar-refractivity contribution in [1.29, 1.82) is 0 Å². The molecule has 0 N–H and O–H groups in total. The molecular weight excluding hydrogens is 597 g/mol. The van der Waals surface area contributed by atoms with Crippen LogP contribution in [-0.2, 0) is 6.42 Å². The summed E-state index contributed by atoms with van der Waals surface area (Å²) in [5, 5.41) is 0. The van der Waals surface area contributed by atoms with Crippen LogP contribution in [-0.4, -0.2) is 14.1 Å². The second kappa shape index (κ2) is 11.1. The number of hydrogen-bond acceptors (Lipinski definition) is 2. The van der Waals surface area contributed by atoms with Crippen LogP contribution in [0.1, 0.15) is 17.7 Å². The third-order valence-electron chi connectivity index (χ3n) is 9.91. The number of hydrogen-bond donors (Lipinski definition) is 0. The van der Waals surface area contributed by atoms with E-state index in [0.717, 1.165) is 58.0 Å². The number of para-hydroxylation sites is 6. The van der Waals surface area contributed by atoms with Gasteiger partial charge in [-0.05, 0) is 73.5 Å². The van der Waals surface area contributed by atoms with E-state index >= 15 is 0 Å². The number of allylic oxidation sites excluding steroid dienone is 1. The number of rotatable bonds is 4. The smallest absolute Gasteiger partial charge is 0.145 e. The summed E-state index contributed by atoms with van der Waals surface area (Å²) >= 11 is 0. The van der Waals surface area contributed by atoms with Crippen LogP contribution in [0.25, 0.3) is 62.3 Å². The Bertz CT molecular complexity index is 2550. The van der Waals surface area contributed by atoms with Crippen LogP contribution in [0.5, 0.6) is 0 Å². The zero-order valence-corrected chi connectivity index (χ0v) is 26.9. The molecule has 6 aromatic carbocycles. The maximum Gasteiger partial charge on any atom is 0.145 e. The molecule has 0 radical (unpaired) electrons. The minimum Gasteiger partial charge on any atom is -0.312 e. The Morgan fingerprint density at radius 1 is 0.531 bits per heavy atom. The van der Waals surface area contributed by atoms with Crippen molar-refractivity contribution in [3.63, 3.8) is 0 Å². The van der Waals surface area contributed by atoms with E-state index in [9.17, 15) is 0 Å². The van der Waals surface area contributed by atoms with Crippen molar-refractivity contribution in [1.82, 2.24) is 14.1 Å². The fourth-order valence-corrected chi connectivity index (χ4v) is 7.88. The highest BCUT2D eigenvalue weighted by molar-refractivity contribution is 6.05. The van der Waals surface area contributed by atoms with Gasteiger partial charge >= 0.3 is 0 Å². The fraction of sp³-hybridized carbons (Fsp3) is 0.0444. The van der Waals surface area contributed by atoms with Gasteiger partial charge in [0.15, 0.2) is 0 Å². The van der Waals surface area contributed by atoms with E-state index in [2.05, 4.69) is 184 Å². The summed E-state index contributed by atoms with van der Waals surface area (Å²) in [6.07, 6.45) is 6.73. The summed E-state index contributed by atoms with van der Waals surface area (Å²) in [5.74, 6) is 0.920. The van der Waals surface area contributed by atoms with Gasteiger partial charge in [-0.1, -0.05) is 109 Å². The SMILES string of the molecule is C1=Cc2c3c(n(-c4ccccc4)c2CC1)-c1ccccc1N(c1cccc(-c2nc4ccccc4n2-c2ccccc2)c1)c1ccccc1-3. The lowest BCUT2D eigenvalue weighted by atomic mass is 9.94. The van der Waals surface area contributed by atoms with Gasteiger partial charge in [0, 0.05) is 50.6 Å². The molecule has 0 atom stereocenters. The third-order valence-corrected chi connectivity index (χ3v) is 9.91. The van der Waals surface area contributed by atoms with Crippen molar-refractivity contribution >= 4 is 34.2 Å². The molecule has 10 rings (SSSR count). The maximum absolute atomic E-state index is 5.20. The van der Waals surface area contributed by atoms with Crippen molar-refractivity contribution < 1.29 is 0 Å². The van der Waals surface area contributed by atoms with Gasteiger partial charge in [-0.15, -0.1) is 0 Å². The Morgan fingerprint density at radius 2 is 1.16 bits per heavy atom. The molecule has 3 heterocycles. The van der Waals surface area contributed by atoms with E-state index in [0.29, 0.717) is 0 Å². The number of fused-ring (bicyclic) bond motifs is 8. The number of benzene rings is 6. The zero-order chi connectivity index (χ0) is 32.3. The molecule has 0 unspecified atom stereocenters. The normalized spacial score (nSPS) is 13.0. The topological polar surface area (TPSA) is 26.0 Å². The summed E-state index contributed by atoms with van der Waals surface area (Å²) in [5.41, 5.74) is 16.5. The van der Waals surface area contributed by atoms with E-state index in [1.165, 1.54) is 39.3 Å². The lowest BCUT2D eigenvalue weighted by Crippen LogP contribution is -2.12. The van der Waals surface area contributed by atoms with Crippen molar-refractivity contribution in [2.75, 3.05) is 4.90 Å². The van der Waals surface area contributed by atoms with Crippen LogP contribution in [0.4, 0.5) is 17.1 Å². The highest BCUT2D eigenvalue weighted by Crippen LogP contribution is 2.54. The molecule has 49 heavy (non-hydrogen) atoms. The average molecular weight is 629 g/mol. The summed E-state index contributed by atoms with van der Waals surface area (Å²) in [6, 6.07) is 56.4. The van der Waals surface area contributed by atoms with Crippen LogP contribution in [0.3, 0.4) is 0 Å². The van der Waals surface area contributed by atoms with E-state index in [1.54, 1.807) is 0 Å². The molecular formula is C45H32N4. The van der Waals surface area contributed by atoms with Gasteiger partial charge in [0.25, 0.3) is 0 Å². The van der Waals surface area contributed by atoms with E-state index in [4.69, 9.17) is 4.98 Å². The number of anilines is 3. The Kier molecular flexibility index (Phi) is 6.28. The second-order valence-electron chi connectivity index (χ2n) is 12.7. The lowest BCUT2D eigenvalue weighted by Gasteiger charge is -2.28. The molecule has 2 aliphatic rings. The van der Waals surface area contributed by atoms with Gasteiger partial charge in [0.1, 0.15) is 5.82 Å². The van der Waals surface area contributed by atoms with Gasteiger partial charge in [0.05, 0.1) is 28.1 Å². The first-order chi connectivity index (χ1) is 24.3. The summed E-state index contributed by atoms with van der Waals surface area (Å²) in [6.45, 7) is 0. The number of aromatic nitrogens is 3. The van der Waals surface area contributed by atoms with Crippen molar-refractivity contribution in [2.45, 2.75) is 12.8 Å². The minimum absolute atomic E-state index is 0.920. The van der Waals surface area contributed by atoms with Crippen LogP contribution < -0.4 is 4.90 Å². The molecule has 232 valence electrons. The van der Waals surface area contributed by atoms with E-state index in [-0.39, 0.29) is 0 Å². The Labute approximate surface area is 285 Å². The van der Waals surface area contributed by atoms with Crippen LogP contribution >= 0.6 is 0 Å². The van der Waals surface area contributed by atoms with Crippen molar-refractivity contribution in [2.24, 2.45) is 0 Å². The van der Waals surface area contributed by atoms with Crippen LogP contribution in [0.15, 0.2) is 164 Å². The number of imidazole rings is 1. The van der Waals surface area contributed by atoms with Crippen molar-refractivity contribution in [3.05, 3.63) is 175 Å². The molecule has 0 fully saturated rings. The molecule has 0 spiro atoms. The summed E-state index contributed by atoms with van der Waals surface area (Å²) in [4.78, 5) is 7.65. The Hall–Kier alpha value is -6.39. The van der Waals surface area contributed by atoms with E-state index in [1.807, 2.05) is 0 Å². The fourth-order valence-electron chi connectivity index (χ4n) is 7.88. The van der Waals surface area contributed by atoms with Gasteiger partial charge in [0.2, 0.25) is 0 Å². The van der Waals surface area contributed by atoms with Crippen molar-refractivity contribution in [3.8, 4) is 45.1 Å². The highest BCUT2D eigenvalue weighted by atomic mass is 15.2. The van der Waals surface area contributed by atoms with Crippen LogP contribution in [0, 0.1) is 0 Å². The van der Waals surface area contributed by atoms with Gasteiger partial charge < -0.3 is 9.47 Å². The van der Waals surface area contributed by atoms with Gasteiger partial charge in [-0.25, -0.2) is 4.98 Å². The lowest BCUT2D eigenvalue weighted by molar-refractivity contribution is 0.878. The summed E-state index contributed by atoms with van der Waals surface area (Å²) in [7, 11) is 0. The first kappa shape index (κ1) is 27.7. The molecule has 0 bridgehead atoms. The molecule has 8 aromatic rings. The standard InChI is InChI=1S/C45H32N4/c1-3-17-32(18-4-1)48-40-27-12-8-23-36(40)43-35-22-7-11-26-39(35)47(41-28-13-9-24-37(41)44(43)48)34-21-15-16-31(30-34)45-46-38-25-10-14-29-42(38)49(45)33-19-5-2-6-20-33/h1-11,13-26,28-30H,12,27H2. The molecule has 4 heteroatoms. The molecule has 2 aromatic heterocycles. The minimum atomic E-state index is 0.920.